The second-order valence-corrected chi connectivity index (χ2v) is 7.45. The van der Waals surface area contributed by atoms with Crippen LogP contribution in [-0.4, -0.2) is 20.8 Å². The Morgan fingerprint density at radius 3 is 2.57 bits per heavy atom. The van der Waals surface area contributed by atoms with E-state index in [0.29, 0.717) is 17.2 Å². The lowest BCUT2D eigenvalue weighted by atomic mass is 10.2. The topological polar surface area (TPSA) is 74.5 Å². The van der Waals surface area contributed by atoms with E-state index in [9.17, 15) is 9.59 Å². The number of nitrogens with zero attached hydrogens (tertiary/aromatic N) is 2. The van der Waals surface area contributed by atoms with Crippen molar-refractivity contribution >= 4 is 22.6 Å². The number of imidazole rings is 1. The van der Waals surface area contributed by atoms with Crippen molar-refractivity contribution in [3.05, 3.63) is 52.9 Å². The molecule has 3 aromatic rings. The normalized spacial score (nSPS) is 16.8. The Labute approximate surface area is 161 Å². The van der Waals surface area contributed by atoms with Crippen molar-refractivity contribution in [2.45, 2.75) is 38.0 Å². The third-order valence-electron chi connectivity index (χ3n) is 5.54. The molecule has 1 aliphatic carbocycles. The van der Waals surface area contributed by atoms with Gasteiger partial charge in [0.2, 0.25) is 5.91 Å². The highest BCUT2D eigenvalue weighted by molar-refractivity contribution is 5.92. The van der Waals surface area contributed by atoms with Crippen LogP contribution in [0.2, 0.25) is 0 Å². The van der Waals surface area contributed by atoms with Crippen LogP contribution in [0, 0.1) is 0 Å². The van der Waals surface area contributed by atoms with Crippen LogP contribution in [0.1, 0.15) is 25.7 Å². The van der Waals surface area contributed by atoms with Crippen molar-refractivity contribution in [3.63, 3.8) is 0 Å². The summed E-state index contributed by atoms with van der Waals surface area (Å²) in [7, 11) is 1.70. The highest BCUT2D eigenvalue weighted by Crippen LogP contribution is 2.47. The van der Waals surface area contributed by atoms with Crippen LogP contribution in [0.3, 0.4) is 0 Å². The third-order valence-corrected chi connectivity index (χ3v) is 5.54. The fourth-order valence-electron chi connectivity index (χ4n) is 4.15. The molecule has 1 N–H and O–H groups in total. The lowest BCUT2D eigenvalue weighted by Crippen LogP contribution is -2.34. The Bertz CT molecular complexity index is 1140. The standard InChI is InChI=1S/C21H21N3O4/c1-23-15-6-2-3-7-16(15)24(20(23)26)13-19(25)22-14-8-9-17-18(12-14)28-21(27-17)10-4-5-11-21/h2-3,6-9,12H,4-5,10-11,13H2,1H3,(H,22,25). The summed E-state index contributed by atoms with van der Waals surface area (Å²) in [5.74, 6) is 0.571. The van der Waals surface area contributed by atoms with E-state index in [2.05, 4.69) is 5.32 Å². The number of ether oxygens (including phenoxy) is 2. The molecule has 5 rings (SSSR count). The summed E-state index contributed by atoms with van der Waals surface area (Å²) in [5, 5.41) is 2.86. The number of aryl methyl sites for hydroxylation is 1. The second kappa shape index (κ2) is 6.15. The summed E-state index contributed by atoms with van der Waals surface area (Å²) in [6.45, 7) is -0.0570. The molecular weight excluding hydrogens is 358 g/mol. The van der Waals surface area contributed by atoms with E-state index in [4.69, 9.17) is 9.47 Å². The molecule has 0 atom stereocenters. The quantitative estimate of drug-likeness (QED) is 0.759. The van der Waals surface area contributed by atoms with Gasteiger partial charge in [0.15, 0.2) is 11.5 Å². The Balaban J connectivity index is 1.35. The number of rotatable bonds is 3. The summed E-state index contributed by atoms with van der Waals surface area (Å²) < 4.78 is 15.1. The minimum absolute atomic E-state index is 0.0570. The van der Waals surface area contributed by atoms with Gasteiger partial charge in [-0.3, -0.25) is 13.9 Å². The number of para-hydroxylation sites is 2. The van der Waals surface area contributed by atoms with Crippen molar-refractivity contribution in [2.24, 2.45) is 7.05 Å². The molecule has 0 saturated heterocycles. The number of nitrogens with one attached hydrogen (secondary N) is 1. The predicted molar refractivity (Wildman–Crippen MR) is 105 cm³/mol. The highest BCUT2D eigenvalue weighted by Gasteiger charge is 2.44. The number of anilines is 1. The number of carbonyl (C=O) groups is 1. The lowest BCUT2D eigenvalue weighted by Gasteiger charge is -2.21. The first kappa shape index (κ1) is 16.9. The molecule has 2 aliphatic rings. The van der Waals surface area contributed by atoms with E-state index in [-0.39, 0.29) is 18.1 Å². The molecule has 0 radical (unpaired) electrons. The average molecular weight is 379 g/mol. The summed E-state index contributed by atoms with van der Waals surface area (Å²) in [6.07, 6.45) is 3.95. The van der Waals surface area contributed by atoms with Crippen molar-refractivity contribution in [3.8, 4) is 11.5 Å². The zero-order valence-electron chi connectivity index (χ0n) is 15.6. The number of fused-ring (bicyclic) bond motifs is 2. The smallest absolute Gasteiger partial charge is 0.329 e. The molecule has 2 heterocycles. The van der Waals surface area contributed by atoms with Crippen molar-refractivity contribution in [1.29, 1.82) is 0 Å². The van der Waals surface area contributed by atoms with E-state index in [1.807, 2.05) is 30.3 Å². The monoisotopic (exact) mass is 379 g/mol. The Morgan fingerprint density at radius 2 is 1.79 bits per heavy atom. The van der Waals surface area contributed by atoms with E-state index < -0.39 is 5.79 Å². The van der Waals surface area contributed by atoms with Gasteiger partial charge < -0.3 is 14.8 Å². The highest BCUT2D eigenvalue weighted by atomic mass is 16.7. The maximum atomic E-state index is 12.6. The SMILES string of the molecule is Cn1c(=O)n(CC(=O)Nc2ccc3c(c2)OC2(CCCC2)O3)c2ccccc21. The molecule has 1 aromatic heterocycles. The number of hydrogen-bond acceptors (Lipinski definition) is 4. The number of carbonyl (C=O) groups excluding carboxylic acids is 1. The van der Waals surface area contributed by atoms with Gasteiger partial charge in [-0.05, 0) is 37.1 Å². The fourth-order valence-corrected chi connectivity index (χ4v) is 4.15. The molecule has 2 aromatic carbocycles. The molecule has 7 nitrogen and oxygen atoms in total. The lowest BCUT2D eigenvalue weighted by molar-refractivity contribution is -0.116. The largest absolute Gasteiger partial charge is 0.448 e. The Hall–Kier alpha value is -3.22. The third kappa shape index (κ3) is 2.66. The van der Waals surface area contributed by atoms with Gasteiger partial charge in [0.1, 0.15) is 6.54 Å². The number of aromatic nitrogens is 2. The van der Waals surface area contributed by atoms with Crippen LogP contribution in [-0.2, 0) is 18.4 Å². The predicted octanol–water partition coefficient (Wildman–Crippen LogP) is 3.02. The molecule has 7 heteroatoms. The van der Waals surface area contributed by atoms with Gasteiger partial charge in [0.05, 0.1) is 11.0 Å². The van der Waals surface area contributed by atoms with Crippen LogP contribution in [0.5, 0.6) is 11.5 Å². The van der Waals surface area contributed by atoms with Crippen molar-refractivity contribution < 1.29 is 14.3 Å². The maximum absolute atomic E-state index is 12.6. The van der Waals surface area contributed by atoms with Crippen LogP contribution >= 0.6 is 0 Å². The summed E-state index contributed by atoms with van der Waals surface area (Å²) >= 11 is 0. The summed E-state index contributed by atoms with van der Waals surface area (Å²) in [4.78, 5) is 25.1. The van der Waals surface area contributed by atoms with Gasteiger partial charge in [0.25, 0.3) is 5.79 Å². The first-order chi connectivity index (χ1) is 13.5. The molecule has 0 bridgehead atoms. The van der Waals surface area contributed by atoms with Gasteiger partial charge in [-0.25, -0.2) is 4.79 Å². The molecule has 0 unspecified atom stereocenters. The molecule has 1 fully saturated rings. The first-order valence-corrected chi connectivity index (χ1v) is 9.51. The van der Waals surface area contributed by atoms with Gasteiger partial charge in [-0.2, -0.15) is 0 Å². The molecule has 1 amide bonds. The number of amides is 1. The molecule has 1 aliphatic heterocycles. The fraction of sp³-hybridized carbons (Fsp3) is 0.333. The molecular formula is C21H21N3O4. The Kier molecular flexibility index (Phi) is 3.72. The summed E-state index contributed by atoms with van der Waals surface area (Å²) in [5.41, 5.74) is 1.94. The van der Waals surface area contributed by atoms with Crippen LogP contribution in [0.25, 0.3) is 11.0 Å². The minimum Gasteiger partial charge on any atom is -0.448 e. The van der Waals surface area contributed by atoms with E-state index >= 15 is 0 Å². The van der Waals surface area contributed by atoms with Crippen molar-refractivity contribution in [2.75, 3.05) is 5.32 Å². The molecule has 1 saturated carbocycles. The zero-order valence-corrected chi connectivity index (χ0v) is 15.6. The number of benzene rings is 2. The summed E-state index contributed by atoms with van der Waals surface area (Å²) in [6, 6.07) is 12.8. The van der Waals surface area contributed by atoms with Crippen LogP contribution in [0.15, 0.2) is 47.3 Å². The van der Waals surface area contributed by atoms with Crippen LogP contribution in [0.4, 0.5) is 5.69 Å². The van der Waals surface area contributed by atoms with Gasteiger partial charge in [-0.1, -0.05) is 12.1 Å². The first-order valence-electron chi connectivity index (χ1n) is 9.51. The Morgan fingerprint density at radius 1 is 1.07 bits per heavy atom. The van der Waals surface area contributed by atoms with Gasteiger partial charge in [-0.15, -0.1) is 0 Å². The number of hydrogen-bond donors (Lipinski definition) is 1. The van der Waals surface area contributed by atoms with Gasteiger partial charge in [0, 0.05) is 31.6 Å². The van der Waals surface area contributed by atoms with E-state index in [1.165, 1.54) is 4.57 Å². The molecule has 1 spiro atoms. The minimum atomic E-state index is -0.527. The van der Waals surface area contributed by atoms with Crippen molar-refractivity contribution in [1.82, 2.24) is 9.13 Å². The molecule has 144 valence electrons. The average Bonchev–Trinajstić information content (AvgIpc) is 3.35. The maximum Gasteiger partial charge on any atom is 0.329 e. The van der Waals surface area contributed by atoms with Crippen LogP contribution < -0.4 is 20.5 Å². The zero-order chi connectivity index (χ0) is 19.3. The van der Waals surface area contributed by atoms with E-state index in [0.717, 1.165) is 36.7 Å². The molecule has 28 heavy (non-hydrogen) atoms. The second-order valence-electron chi connectivity index (χ2n) is 7.45. The van der Waals surface area contributed by atoms with Gasteiger partial charge >= 0.3 is 5.69 Å². The van der Waals surface area contributed by atoms with E-state index in [1.54, 1.807) is 23.7 Å².